The van der Waals surface area contributed by atoms with Crippen molar-refractivity contribution in [2.45, 2.75) is 0 Å². The van der Waals surface area contributed by atoms with E-state index in [0.29, 0.717) is 5.56 Å². The van der Waals surface area contributed by atoms with Gasteiger partial charge in [0.2, 0.25) is 0 Å². The Labute approximate surface area is 123 Å². The SMILES string of the molecule is NOC(=O)c1ccccc1C(=O)c1ccccc1.[Zn]. The number of ketones is 1. The number of nitrogens with two attached hydrogens (primary N) is 1. The molecule has 0 aliphatic carbocycles. The Hall–Kier alpha value is -1.84. The first-order valence-electron chi connectivity index (χ1n) is 5.34. The molecule has 5 heteroatoms. The van der Waals surface area contributed by atoms with Gasteiger partial charge in [0.1, 0.15) is 0 Å². The fourth-order valence-electron chi connectivity index (χ4n) is 1.67. The van der Waals surface area contributed by atoms with E-state index in [9.17, 15) is 9.59 Å². The van der Waals surface area contributed by atoms with Gasteiger partial charge in [0.05, 0.1) is 5.56 Å². The van der Waals surface area contributed by atoms with Crippen LogP contribution in [0.2, 0.25) is 0 Å². The molecule has 0 amide bonds. The van der Waals surface area contributed by atoms with E-state index in [1.54, 1.807) is 42.5 Å². The summed E-state index contributed by atoms with van der Waals surface area (Å²) in [6, 6.07) is 15.1. The molecular weight excluding hydrogens is 296 g/mol. The molecule has 2 N–H and O–H groups in total. The van der Waals surface area contributed by atoms with Crippen molar-refractivity contribution in [3.63, 3.8) is 0 Å². The summed E-state index contributed by atoms with van der Waals surface area (Å²) in [6.07, 6.45) is 0. The molecular formula is C14H11NO3Zn. The second-order valence-electron chi connectivity index (χ2n) is 3.65. The molecule has 2 rings (SSSR count). The van der Waals surface area contributed by atoms with Gasteiger partial charge in [-0.1, -0.05) is 48.5 Å². The number of carbonyl (C=O) groups excluding carboxylic acids is 2. The minimum Gasteiger partial charge on any atom is -0.370 e. The Morgan fingerprint density at radius 2 is 1.37 bits per heavy atom. The van der Waals surface area contributed by atoms with Crippen LogP contribution in [0.1, 0.15) is 26.3 Å². The van der Waals surface area contributed by atoms with Crippen LogP contribution in [-0.2, 0) is 24.3 Å². The normalized spacial score (nSPS) is 9.32. The van der Waals surface area contributed by atoms with E-state index in [0.717, 1.165) is 0 Å². The molecule has 0 bridgehead atoms. The number of hydrogen-bond donors (Lipinski definition) is 1. The van der Waals surface area contributed by atoms with Crippen molar-refractivity contribution in [3.05, 3.63) is 71.3 Å². The topological polar surface area (TPSA) is 69.4 Å². The largest absolute Gasteiger partial charge is 0.370 e. The Balaban J connectivity index is 0.00000180. The molecule has 0 spiro atoms. The van der Waals surface area contributed by atoms with Crippen molar-refractivity contribution < 1.29 is 33.9 Å². The van der Waals surface area contributed by atoms with Crippen molar-refractivity contribution >= 4 is 11.8 Å². The van der Waals surface area contributed by atoms with E-state index in [1.807, 2.05) is 6.07 Å². The summed E-state index contributed by atoms with van der Waals surface area (Å²) in [7, 11) is 0. The van der Waals surface area contributed by atoms with Crippen LogP contribution >= 0.6 is 0 Å². The maximum atomic E-state index is 12.2. The molecule has 0 atom stereocenters. The summed E-state index contributed by atoms with van der Waals surface area (Å²) in [5.74, 6) is 3.88. The van der Waals surface area contributed by atoms with Crippen LogP contribution in [-0.4, -0.2) is 11.8 Å². The first kappa shape index (κ1) is 15.2. The standard InChI is InChI=1S/C14H11NO3.Zn/c15-18-14(17)12-9-5-4-8-11(12)13(16)10-6-2-1-3-7-10;/h1-9H,15H2;. The molecule has 0 unspecified atom stereocenters. The van der Waals surface area contributed by atoms with Crippen molar-refractivity contribution in [2.24, 2.45) is 5.90 Å². The molecule has 0 aliphatic heterocycles. The first-order valence-corrected chi connectivity index (χ1v) is 5.34. The van der Waals surface area contributed by atoms with Gasteiger partial charge >= 0.3 is 5.97 Å². The Morgan fingerprint density at radius 1 is 0.842 bits per heavy atom. The molecule has 0 aliphatic rings. The van der Waals surface area contributed by atoms with E-state index in [1.165, 1.54) is 6.07 Å². The van der Waals surface area contributed by atoms with Gasteiger partial charge in [-0.15, -0.1) is 0 Å². The molecule has 0 saturated carbocycles. The summed E-state index contributed by atoms with van der Waals surface area (Å²) in [5, 5.41) is 0. The molecule has 2 aromatic carbocycles. The summed E-state index contributed by atoms with van der Waals surface area (Å²) in [6.45, 7) is 0. The molecule has 0 aromatic heterocycles. The smallest absolute Gasteiger partial charge is 0.357 e. The third-order valence-electron chi connectivity index (χ3n) is 2.53. The van der Waals surface area contributed by atoms with Crippen LogP contribution in [0.5, 0.6) is 0 Å². The predicted octanol–water partition coefficient (Wildman–Crippen LogP) is 1.95. The van der Waals surface area contributed by atoms with Gasteiger partial charge in [-0.3, -0.25) is 4.79 Å². The maximum absolute atomic E-state index is 12.2. The predicted molar refractivity (Wildman–Crippen MR) is 65.9 cm³/mol. The number of hydrogen-bond acceptors (Lipinski definition) is 4. The zero-order valence-corrected chi connectivity index (χ0v) is 13.2. The summed E-state index contributed by atoms with van der Waals surface area (Å²) >= 11 is 0. The van der Waals surface area contributed by atoms with E-state index in [4.69, 9.17) is 5.90 Å². The third kappa shape index (κ3) is 3.34. The van der Waals surface area contributed by atoms with Crippen LogP contribution in [0, 0.1) is 0 Å². The fourth-order valence-corrected chi connectivity index (χ4v) is 1.67. The third-order valence-corrected chi connectivity index (χ3v) is 2.53. The Morgan fingerprint density at radius 3 is 1.95 bits per heavy atom. The van der Waals surface area contributed by atoms with Gasteiger partial charge in [-0.25, -0.2) is 4.79 Å². The zero-order chi connectivity index (χ0) is 13.0. The molecule has 0 heterocycles. The fraction of sp³-hybridized carbons (Fsp3) is 0. The summed E-state index contributed by atoms with van der Waals surface area (Å²) in [5.41, 5.74) is 0.947. The van der Waals surface area contributed by atoms with Crippen LogP contribution in [0.15, 0.2) is 54.6 Å². The van der Waals surface area contributed by atoms with Gasteiger partial charge in [-0.05, 0) is 6.07 Å². The molecule has 0 radical (unpaired) electrons. The molecule has 4 nitrogen and oxygen atoms in total. The van der Waals surface area contributed by atoms with Crippen LogP contribution in [0.25, 0.3) is 0 Å². The number of rotatable bonds is 3. The zero-order valence-electron chi connectivity index (χ0n) is 10.2. The Bertz CT molecular complexity index is 584. The van der Waals surface area contributed by atoms with Crippen molar-refractivity contribution in [1.29, 1.82) is 0 Å². The van der Waals surface area contributed by atoms with Crippen molar-refractivity contribution in [3.8, 4) is 0 Å². The minimum atomic E-state index is -0.727. The maximum Gasteiger partial charge on any atom is 0.357 e. The molecule has 0 saturated heterocycles. The summed E-state index contributed by atoms with van der Waals surface area (Å²) < 4.78 is 0. The van der Waals surface area contributed by atoms with Gasteiger partial charge < -0.3 is 4.84 Å². The average molecular weight is 307 g/mol. The van der Waals surface area contributed by atoms with Crippen LogP contribution in [0.3, 0.4) is 0 Å². The van der Waals surface area contributed by atoms with Crippen molar-refractivity contribution in [2.75, 3.05) is 0 Å². The van der Waals surface area contributed by atoms with Crippen LogP contribution < -0.4 is 5.90 Å². The monoisotopic (exact) mass is 305 g/mol. The van der Waals surface area contributed by atoms with Crippen LogP contribution in [0.4, 0.5) is 0 Å². The Kier molecular flexibility index (Phi) is 5.55. The van der Waals surface area contributed by atoms with Gasteiger partial charge in [0.25, 0.3) is 0 Å². The van der Waals surface area contributed by atoms with E-state index in [2.05, 4.69) is 4.84 Å². The second kappa shape index (κ2) is 6.93. The van der Waals surface area contributed by atoms with E-state index in [-0.39, 0.29) is 36.4 Å². The molecule has 2 aromatic rings. The van der Waals surface area contributed by atoms with Gasteiger partial charge in [0.15, 0.2) is 5.78 Å². The average Bonchev–Trinajstić information content (AvgIpc) is 2.46. The summed E-state index contributed by atoms with van der Waals surface area (Å²) in [4.78, 5) is 27.9. The van der Waals surface area contributed by atoms with E-state index >= 15 is 0 Å². The van der Waals surface area contributed by atoms with Crippen molar-refractivity contribution in [1.82, 2.24) is 0 Å². The molecule has 0 fully saturated rings. The second-order valence-corrected chi connectivity index (χ2v) is 3.65. The first-order chi connectivity index (χ1) is 8.74. The van der Waals surface area contributed by atoms with Gasteiger partial charge in [-0.2, -0.15) is 5.90 Å². The molecule has 92 valence electrons. The van der Waals surface area contributed by atoms with Gasteiger partial charge in [0, 0.05) is 30.6 Å². The molecule has 19 heavy (non-hydrogen) atoms. The number of benzene rings is 2. The van der Waals surface area contributed by atoms with E-state index < -0.39 is 5.97 Å². The minimum absolute atomic E-state index is 0. The quantitative estimate of drug-likeness (QED) is 0.534. The number of carbonyl (C=O) groups is 2.